The summed E-state index contributed by atoms with van der Waals surface area (Å²) in [6.45, 7) is 1.46. The molecule has 0 radical (unpaired) electrons. The number of carbonyl (C=O) groups is 1. The Morgan fingerprint density at radius 3 is 2.32 bits per heavy atom. The third-order valence-electron chi connectivity index (χ3n) is 5.73. The Hall–Kier alpha value is -3.68. The van der Waals surface area contributed by atoms with E-state index in [1.807, 2.05) is 6.92 Å². The molecule has 0 aliphatic rings. The minimum Gasteiger partial charge on any atom is -0.497 e. The number of methoxy groups -OCH3 is 2. The first-order chi connectivity index (χ1) is 18.0. The van der Waals surface area contributed by atoms with E-state index in [1.54, 1.807) is 30.3 Å². The number of nitrogens with one attached hydrogen (secondary N) is 1. The minimum atomic E-state index is -4.24. The fraction of sp³-hybridized carbons (Fsp3) is 0.200. The quantitative estimate of drug-likeness (QED) is 0.233. The Kier molecular flexibility index (Phi) is 7.63. The van der Waals surface area contributed by atoms with Crippen molar-refractivity contribution in [3.63, 3.8) is 0 Å². The second-order valence-electron chi connectivity index (χ2n) is 8.22. The summed E-state index contributed by atoms with van der Waals surface area (Å²) in [5, 5.41) is 0. The van der Waals surface area contributed by atoms with Crippen LogP contribution in [0.25, 0.3) is 11.0 Å². The van der Waals surface area contributed by atoms with E-state index < -0.39 is 31.6 Å². The molecule has 10 nitrogen and oxygen atoms in total. The fourth-order valence-electron chi connectivity index (χ4n) is 3.73. The number of aromatic nitrogens is 2. The Bertz CT molecular complexity index is 1790. The molecule has 4 rings (SSSR count). The Morgan fingerprint density at radius 1 is 0.947 bits per heavy atom. The van der Waals surface area contributed by atoms with E-state index in [1.165, 1.54) is 44.6 Å². The molecule has 0 atom stereocenters. The van der Waals surface area contributed by atoms with Crippen molar-refractivity contribution in [3.05, 3.63) is 76.6 Å². The predicted octanol–water partition coefficient (Wildman–Crippen LogP) is 3.89. The lowest BCUT2D eigenvalue weighted by atomic mass is 10.2. The van der Waals surface area contributed by atoms with Crippen molar-refractivity contribution in [1.29, 1.82) is 0 Å². The number of sulfone groups is 1. The lowest BCUT2D eigenvalue weighted by Crippen LogP contribution is -2.17. The van der Waals surface area contributed by atoms with Crippen LogP contribution in [-0.2, 0) is 24.6 Å². The number of carbonyl (C=O) groups excluding carboxylic acids is 1. The number of ether oxygens (including phenoxy) is 3. The first kappa shape index (κ1) is 27.4. The number of imidazole rings is 1. The topological polar surface area (TPSA) is 134 Å². The standard InChI is InChI=1S/C25H24N2O8S3/c1-16-4-8-19(9-5-16)37(29,30)13-12-35-24(28)17-6-11-23(22(14-17)34-3)38(31,32)27-21-10-7-18(33-2)15-20(21)26-25(27)36/h4-11,14-15H,12-13H2,1-3H3,(H,26,36). The lowest BCUT2D eigenvalue weighted by Gasteiger charge is -2.13. The number of hydrogen-bond donors (Lipinski definition) is 1. The van der Waals surface area contributed by atoms with Gasteiger partial charge in [-0.25, -0.2) is 25.6 Å². The van der Waals surface area contributed by atoms with Crippen molar-refractivity contribution in [3.8, 4) is 11.5 Å². The maximum absolute atomic E-state index is 13.6. The van der Waals surface area contributed by atoms with Gasteiger partial charge < -0.3 is 19.2 Å². The number of nitrogens with zero attached hydrogens (tertiary/aromatic N) is 1. The highest BCUT2D eigenvalue weighted by Gasteiger charge is 2.26. The minimum absolute atomic E-state index is 0.0132. The molecule has 4 aromatic rings. The van der Waals surface area contributed by atoms with Crippen LogP contribution >= 0.6 is 12.2 Å². The molecule has 0 amide bonds. The average Bonchev–Trinajstić information content (AvgIpc) is 3.23. The van der Waals surface area contributed by atoms with Crippen LogP contribution in [0.15, 0.2) is 70.5 Å². The molecule has 0 saturated carbocycles. The Balaban J connectivity index is 1.57. The van der Waals surface area contributed by atoms with Crippen LogP contribution in [0.5, 0.6) is 11.5 Å². The van der Waals surface area contributed by atoms with Gasteiger partial charge in [0, 0.05) is 6.07 Å². The molecule has 0 bridgehead atoms. The van der Waals surface area contributed by atoms with E-state index in [4.69, 9.17) is 26.4 Å². The van der Waals surface area contributed by atoms with Crippen molar-refractivity contribution >= 4 is 49.1 Å². The van der Waals surface area contributed by atoms with E-state index in [-0.39, 0.29) is 32.5 Å². The summed E-state index contributed by atoms with van der Waals surface area (Å²) in [5.41, 5.74) is 1.66. The van der Waals surface area contributed by atoms with Crippen molar-refractivity contribution < 1.29 is 35.8 Å². The zero-order valence-corrected chi connectivity index (χ0v) is 23.1. The third-order valence-corrected chi connectivity index (χ3v) is 9.58. The summed E-state index contributed by atoms with van der Waals surface area (Å²) < 4.78 is 68.6. The monoisotopic (exact) mass is 576 g/mol. The highest BCUT2D eigenvalue weighted by Crippen LogP contribution is 2.30. The van der Waals surface area contributed by atoms with E-state index in [0.29, 0.717) is 16.8 Å². The van der Waals surface area contributed by atoms with Gasteiger partial charge in [0.05, 0.1) is 41.5 Å². The molecule has 0 aliphatic carbocycles. The van der Waals surface area contributed by atoms with Crippen LogP contribution in [0, 0.1) is 11.7 Å². The normalized spacial score (nSPS) is 11.9. The highest BCUT2D eigenvalue weighted by molar-refractivity contribution is 7.91. The molecule has 1 aromatic heterocycles. The van der Waals surface area contributed by atoms with Gasteiger partial charge in [0.2, 0.25) is 0 Å². The molecule has 0 spiro atoms. The van der Waals surface area contributed by atoms with Crippen LogP contribution in [0.4, 0.5) is 0 Å². The molecule has 1 N–H and O–H groups in total. The van der Waals surface area contributed by atoms with Crippen LogP contribution in [0.2, 0.25) is 0 Å². The molecule has 13 heteroatoms. The van der Waals surface area contributed by atoms with Crippen LogP contribution < -0.4 is 9.47 Å². The highest BCUT2D eigenvalue weighted by atomic mass is 32.2. The first-order valence-electron chi connectivity index (χ1n) is 11.2. The smallest absolute Gasteiger partial charge is 0.338 e. The molecule has 3 aromatic carbocycles. The van der Waals surface area contributed by atoms with Crippen LogP contribution in [-0.4, -0.2) is 58.3 Å². The van der Waals surface area contributed by atoms with Crippen molar-refractivity contribution in [2.24, 2.45) is 0 Å². The van der Waals surface area contributed by atoms with E-state index in [0.717, 1.165) is 9.54 Å². The van der Waals surface area contributed by atoms with Crippen molar-refractivity contribution in [2.75, 3.05) is 26.6 Å². The zero-order valence-electron chi connectivity index (χ0n) is 20.6. The summed E-state index contributed by atoms with van der Waals surface area (Å²) in [6.07, 6.45) is 0. The van der Waals surface area contributed by atoms with Gasteiger partial charge in [0.25, 0.3) is 10.0 Å². The van der Waals surface area contributed by atoms with Crippen LogP contribution in [0.3, 0.4) is 0 Å². The van der Waals surface area contributed by atoms with Gasteiger partial charge in [-0.1, -0.05) is 17.7 Å². The second-order valence-corrected chi connectivity index (χ2v) is 12.5. The number of benzene rings is 3. The average molecular weight is 577 g/mol. The molecular formula is C25H24N2O8S3. The fourth-order valence-corrected chi connectivity index (χ4v) is 6.84. The molecule has 0 aliphatic heterocycles. The van der Waals surface area contributed by atoms with Gasteiger partial charge >= 0.3 is 5.97 Å². The molecule has 200 valence electrons. The van der Waals surface area contributed by atoms with Crippen molar-refractivity contribution in [2.45, 2.75) is 16.7 Å². The summed E-state index contributed by atoms with van der Waals surface area (Å²) in [5.74, 6) is -0.835. The molecular weight excluding hydrogens is 552 g/mol. The summed E-state index contributed by atoms with van der Waals surface area (Å²) in [4.78, 5) is 15.3. The number of H-pyrrole nitrogens is 1. The second kappa shape index (κ2) is 10.6. The Morgan fingerprint density at radius 2 is 1.66 bits per heavy atom. The molecule has 1 heterocycles. The van der Waals surface area contributed by atoms with Gasteiger partial charge in [0.1, 0.15) is 23.0 Å². The van der Waals surface area contributed by atoms with Crippen molar-refractivity contribution in [1.82, 2.24) is 8.96 Å². The largest absolute Gasteiger partial charge is 0.497 e. The molecule has 0 fully saturated rings. The predicted molar refractivity (Wildman–Crippen MR) is 143 cm³/mol. The number of aryl methyl sites for hydroxylation is 1. The van der Waals surface area contributed by atoms with Gasteiger partial charge in [-0.05, 0) is 61.6 Å². The maximum Gasteiger partial charge on any atom is 0.338 e. The molecule has 38 heavy (non-hydrogen) atoms. The maximum atomic E-state index is 13.6. The number of rotatable bonds is 9. The third kappa shape index (κ3) is 5.30. The SMILES string of the molecule is COc1ccc2c(c1)[nH]c(=S)n2S(=O)(=O)c1ccc(C(=O)OCCS(=O)(=O)c2ccc(C)cc2)cc1OC. The van der Waals surface area contributed by atoms with E-state index in [2.05, 4.69) is 4.98 Å². The zero-order chi connectivity index (χ0) is 27.7. The first-order valence-corrected chi connectivity index (χ1v) is 14.7. The molecule has 0 unspecified atom stereocenters. The summed E-state index contributed by atoms with van der Waals surface area (Å²) in [7, 11) is -5.14. The number of hydrogen-bond acceptors (Lipinski definition) is 9. The van der Waals surface area contributed by atoms with Gasteiger partial charge in [-0.3, -0.25) is 0 Å². The summed E-state index contributed by atoms with van der Waals surface area (Å²) in [6, 6.07) is 14.8. The Labute approximate surface area is 224 Å². The number of esters is 1. The summed E-state index contributed by atoms with van der Waals surface area (Å²) >= 11 is 5.27. The van der Waals surface area contributed by atoms with E-state index in [9.17, 15) is 21.6 Å². The van der Waals surface area contributed by atoms with Crippen LogP contribution in [0.1, 0.15) is 15.9 Å². The number of fused-ring (bicyclic) bond motifs is 1. The van der Waals surface area contributed by atoms with Gasteiger partial charge in [-0.15, -0.1) is 0 Å². The van der Waals surface area contributed by atoms with E-state index >= 15 is 0 Å². The van der Waals surface area contributed by atoms with Gasteiger partial charge in [-0.2, -0.15) is 0 Å². The lowest BCUT2D eigenvalue weighted by molar-refractivity contribution is 0.0528. The number of aromatic amines is 1. The van der Waals surface area contributed by atoms with Gasteiger partial charge in [0.15, 0.2) is 14.6 Å². The molecule has 0 saturated heterocycles.